The van der Waals surface area contributed by atoms with E-state index in [1.54, 1.807) is 11.5 Å². The molecule has 3 nitrogen and oxygen atoms in total. The molecule has 2 N–H and O–H groups in total. The Kier molecular flexibility index (Phi) is 4.55. The number of benzene rings is 1. The Morgan fingerprint density at radius 3 is 2.83 bits per heavy atom. The SMILES string of the molecule is CC(C)CN(CCCN)c1snc2ccccc12. The molecule has 4 heteroatoms. The summed E-state index contributed by atoms with van der Waals surface area (Å²) in [5, 5.41) is 2.55. The summed E-state index contributed by atoms with van der Waals surface area (Å²) in [6.07, 6.45) is 1.03. The van der Waals surface area contributed by atoms with Crippen LogP contribution in [0.15, 0.2) is 24.3 Å². The second kappa shape index (κ2) is 6.16. The molecule has 0 spiro atoms. The summed E-state index contributed by atoms with van der Waals surface area (Å²) in [6, 6.07) is 8.35. The van der Waals surface area contributed by atoms with Crippen molar-refractivity contribution in [3.63, 3.8) is 0 Å². The minimum atomic E-state index is 0.642. The first kappa shape index (κ1) is 13.3. The summed E-state index contributed by atoms with van der Waals surface area (Å²) in [7, 11) is 0. The maximum Gasteiger partial charge on any atom is 0.119 e. The molecule has 1 aromatic heterocycles. The standard InChI is InChI=1S/C14H21N3S/c1-11(2)10-17(9-5-8-15)14-12-6-3-4-7-13(12)16-18-14/h3-4,6-7,11H,5,8-10,15H2,1-2H3. The zero-order chi connectivity index (χ0) is 13.0. The predicted octanol–water partition coefficient (Wildman–Crippen LogP) is 3.11. The largest absolute Gasteiger partial charge is 0.361 e. The molecule has 1 heterocycles. The summed E-state index contributed by atoms with van der Waals surface area (Å²) in [6.45, 7) is 7.32. The molecular weight excluding hydrogens is 242 g/mol. The van der Waals surface area contributed by atoms with Crippen molar-refractivity contribution in [2.45, 2.75) is 20.3 Å². The van der Waals surface area contributed by atoms with Crippen LogP contribution >= 0.6 is 11.5 Å². The number of hydrogen-bond donors (Lipinski definition) is 1. The van der Waals surface area contributed by atoms with E-state index in [1.165, 1.54) is 10.4 Å². The lowest BCUT2D eigenvalue weighted by Crippen LogP contribution is -2.29. The van der Waals surface area contributed by atoms with E-state index in [0.717, 1.165) is 31.6 Å². The summed E-state index contributed by atoms with van der Waals surface area (Å²) >= 11 is 1.60. The second-order valence-electron chi connectivity index (χ2n) is 4.99. The van der Waals surface area contributed by atoms with Crippen LogP contribution in [0, 0.1) is 5.92 Å². The molecule has 0 radical (unpaired) electrons. The van der Waals surface area contributed by atoms with Crippen LogP contribution < -0.4 is 10.6 Å². The average molecular weight is 263 g/mol. The van der Waals surface area contributed by atoms with Gasteiger partial charge in [0.2, 0.25) is 0 Å². The van der Waals surface area contributed by atoms with Gasteiger partial charge in [0.15, 0.2) is 0 Å². The van der Waals surface area contributed by atoms with Crippen molar-refractivity contribution >= 4 is 27.4 Å². The highest BCUT2D eigenvalue weighted by atomic mass is 32.1. The minimum absolute atomic E-state index is 0.642. The number of fused-ring (bicyclic) bond motifs is 1. The van der Waals surface area contributed by atoms with E-state index >= 15 is 0 Å². The van der Waals surface area contributed by atoms with Gasteiger partial charge in [-0.05, 0) is 42.5 Å². The Labute approximate surface area is 113 Å². The van der Waals surface area contributed by atoms with E-state index in [4.69, 9.17) is 5.73 Å². The zero-order valence-corrected chi connectivity index (χ0v) is 11.9. The molecule has 1 aromatic carbocycles. The number of rotatable bonds is 6. The van der Waals surface area contributed by atoms with Gasteiger partial charge in [0, 0.05) is 18.5 Å². The van der Waals surface area contributed by atoms with Gasteiger partial charge in [-0.25, -0.2) is 0 Å². The predicted molar refractivity (Wildman–Crippen MR) is 80.3 cm³/mol. The quantitative estimate of drug-likeness (QED) is 0.870. The van der Waals surface area contributed by atoms with E-state index in [-0.39, 0.29) is 0 Å². The van der Waals surface area contributed by atoms with Crippen molar-refractivity contribution in [2.75, 3.05) is 24.5 Å². The summed E-state index contributed by atoms with van der Waals surface area (Å²) in [5.41, 5.74) is 6.73. The van der Waals surface area contributed by atoms with Crippen molar-refractivity contribution in [3.05, 3.63) is 24.3 Å². The monoisotopic (exact) mass is 263 g/mol. The lowest BCUT2D eigenvalue weighted by molar-refractivity contribution is 0.604. The minimum Gasteiger partial charge on any atom is -0.361 e. The third kappa shape index (κ3) is 3.00. The Bertz CT molecular complexity index is 492. The Hall–Kier alpha value is -1.13. The first-order valence-electron chi connectivity index (χ1n) is 6.51. The van der Waals surface area contributed by atoms with Crippen LogP contribution in [0.3, 0.4) is 0 Å². The number of nitrogens with zero attached hydrogens (tertiary/aromatic N) is 2. The van der Waals surface area contributed by atoms with Gasteiger partial charge < -0.3 is 10.6 Å². The maximum absolute atomic E-state index is 5.63. The molecule has 0 unspecified atom stereocenters. The van der Waals surface area contributed by atoms with Gasteiger partial charge in [-0.2, -0.15) is 4.37 Å². The second-order valence-corrected chi connectivity index (χ2v) is 5.74. The number of nitrogens with two attached hydrogens (primary N) is 1. The first-order valence-corrected chi connectivity index (χ1v) is 7.29. The van der Waals surface area contributed by atoms with Crippen LogP contribution in [0.2, 0.25) is 0 Å². The number of anilines is 1. The average Bonchev–Trinajstić information content (AvgIpc) is 2.78. The van der Waals surface area contributed by atoms with E-state index in [2.05, 4.69) is 41.3 Å². The molecule has 0 saturated carbocycles. The van der Waals surface area contributed by atoms with Crippen LogP contribution in [-0.2, 0) is 0 Å². The highest BCUT2D eigenvalue weighted by Crippen LogP contribution is 2.31. The van der Waals surface area contributed by atoms with Crippen LogP contribution in [0.25, 0.3) is 10.9 Å². The molecule has 0 aliphatic carbocycles. The highest BCUT2D eigenvalue weighted by Gasteiger charge is 2.14. The van der Waals surface area contributed by atoms with E-state index in [1.807, 2.05) is 6.07 Å². The van der Waals surface area contributed by atoms with Gasteiger partial charge in [-0.1, -0.05) is 26.0 Å². The molecule has 0 saturated heterocycles. The fourth-order valence-electron chi connectivity index (χ4n) is 2.10. The summed E-state index contributed by atoms with van der Waals surface area (Å²) < 4.78 is 4.52. The van der Waals surface area contributed by atoms with Crippen molar-refractivity contribution in [2.24, 2.45) is 11.7 Å². The molecular formula is C14H21N3S. The van der Waals surface area contributed by atoms with Crippen molar-refractivity contribution < 1.29 is 0 Å². The third-order valence-electron chi connectivity index (χ3n) is 2.87. The van der Waals surface area contributed by atoms with Crippen molar-refractivity contribution in [1.82, 2.24) is 4.37 Å². The highest BCUT2D eigenvalue weighted by molar-refractivity contribution is 7.11. The van der Waals surface area contributed by atoms with Gasteiger partial charge in [0.25, 0.3) is 0 Å². The zero-order valence-electron chi connectivity index (χ0n) is 11.1. The molecule has 0 amide bonds. The van der Waals surface area contributed by atoms with Crippen LogP contribution in [0.4, 0.5) is 5.00 Å². The Morgan fingerprint density at radius 2 is 2.11 bits per heavy atom. The van der Waals surface area contributed by atoms with Crippen molar-refractivity contribution in [3.8, 4) is 0 Å². The molecule has 0 aliphatic rings. The molecule has 18 heavy (non-hydrogen) atoms. The lowest BCUT2D eigenvalue weighted by atomic mass is 10.2. The third-order valence-corrected chi connectivity index (χ3v) is 3.81. The van der Waals surface area contributed by atoms with Gasteiger partial charge >= 0.3 is 0 Å². The van der Waals surface area contributed by atoms with Gasteiger partial charge in [0.1, 0.15) is 5.00 Å². The summed E-state index contributed by atoms with van der Waals surface area (Å²) in [4.78, 5) is 2.43. The van der Waals surface area contributed by atoms with Crippen LogP contribution in [0.5, 0.6) is 0 Å². The Balaban J connectivity index is 2.28. The van der Waals surface area contributed by atoms with Gasteiger partial charge in [0.05, 0.1) is 5.52 Å². The maximum atomic E-state index is 5.63. The fraction of sp³-hybridized carbons (Fsp3) is 0.500. The van der Waals surface area contributed by atoms with E-state index < -0.39 is 0 Å². The van der Waals surface area contributed by atoms with Gasteiger partial charge in [-0.3, -0.25) is 0 Å². The Morgan fingerprint density at radius 1 is 1.33 bits per heavy atom. The topological polar surface area (TPSA) is 42.1 Å². The molecule has 2 aromatic rings. The van der Waals surface area contributed by atoms with E-state index in [9.17, 15) is 0 Å². The normalized spacial score (nSPS) is 11.3. The molecule has 0 fully saturated rings. The van der Waals surface area contributed by atoms with Gasteiger partial charge in [-0.15, -0.1) is 0 Å². The fourth-order valence-corrected chi connectivity index (χ4v) is 3.00. The number of hydrogen-bond acceptors (Lipinski definition) is 4. The summed E-state index contributed by atoms with van der Waals surface area (Å²) in [5.74, 6) is 0.642. The van der Waals surface area contributed by atoms with E-state index in [0.29, 0.717) is 5.92 Å². The lowest BCUT2D eigenvalue weighted by Gasteiger charge is -2.24. The van der Waals surface area contributed by atoms with Crippen LogP contribution in [0.1, 0.15) is 20.3 Å². The molecule has 0 atom stereocenters. The molecule has 0 bridgehead atoms. The van der Waals surface area contributed by atoms with Crippen molar-refractivity contribution in [1.29, 1.82) is 0 Å². The molecule has 98 valence electrons. The van der Waals surface area contributed by atoms with Crippen LogP contribution in [-0.4, -0.2) is 24.0 Å². The smallest absolute Gasteiger partial charge is 0.119 e. The molecule has 2 rings (SSSR count). The first-order chi connectivity index (χ1) is 8.72. The molecule has 0 aliphatic heterocycles. The number of aromatic nitrogens is 1.